The van der Waals surface area contributed by atoms with E-state index in [0.717, 1.165) is 37.5 Å². The first-order valence-electron chi connectivity index (χ1n) is 16.4. The Bertz CT molecular complexity index is 1010. The van der Waals surface area contributed by atoms with Gasteiger partial charge in [-0.05, 0) is 60.9 Å². The molecule has 2 aromatic rings. The summed E-state index contributed by atoms with van der Waals surface area (Å²) in [5.74, 6) is -1.44. The molecule has 1 fully saturated rings. The van der Waals surface area contributed by atoms with E-state index in [1.807, 2.05) is 12.1 Å². The topological polar surface area (TPSA) is 35.5 Å². The van der Waals surface area contributed by atoms with Crippen molar-refractivity contribution in [3.8, 4) is 11.5 Å². The van der Waals surface area contributed by atoms with E-state index in [1.165, 1.54) is 108 Å². The van der Waals surface area contributed by atoms with Gasteiger partial charge in [0.25, 0.3) is 0 Å². The molecule has 0 unspecified atom stereocenters. The van der Waals surface area contributed by atoms with Gasteiger partial charge in [0.1, 0.15) is 5.75 Å². The van der Waals surface area contributed by atoms with Crippen LogP contribution in [0.2, 0.25) is 0 Å². The van der Waals surface area contributed by atoms with Crippen molar-refractivity contribution in [1.82, 2.24) is 0 Å². The molecule has 0 heterocycles. The first-order chi connectivity index (χ1) is 20.0. The number of hydrogen-bond acceptors (Lipinski definition) is 3. The molecular weight excluding hydrogens is 518 g/mol. The van der Waals surface area contributed by atoms with Crippen molar-refractivity contribution < 1.29 is 23.0 Å². The molecule has 1 saturated carbocycles. The van der Waals surface area contributed by atoms with Crippen LogP contribution in [0.5, 0.6) is 11.5 Å². The minimum absolute atomic E-state index is 0.170. The second kappa shape index (κ2) is 18.9. The second-order valence-electron chi connectivity index (χ2n) is 12.0. The Balaban J connectivity index is 1.38. The molecule has 0 atom stereocenters. The van der Waals surface area contributed by atoms with E-state index in [-0.39, 0.29) is 5.75 Å². The van der Waals surface area contributed by atoms with Crippen molar-refractivity contribution >= 4 is 5.97 Å². The van der Waals surface area contributed by atoms with E-state index in [2.05, 4.69) is 13.8 Å². The molecule has 5 heteroatoms. The average molecular weight is 571 g/mol. The highest BCUT2D eigenvalue weighted by molar-refractivity contribution is 5.91. The minimum Gasteiger partial charge on any atom is -0.490 e. The molecule has 0 spiro atoms. The molecule has 0 amide bonds. The Hall–Kier alpha value is -2.43. The highest BCUT2D eigenvalue weighted by Gasteiger charge is 2.22. The van der Waals surface area contributed by atoms with Gasteiger partial charge in [-0.2, -0.15) is 4.39 Å². The number of ether oxygens (including phenoxy) is 2. The van der Waals surface area contributed by atoms with E-state index in [9.17, 15) is 13.6 Å². The van der Waals surface area contributed by atoms with Gasteiger partial charge in [0.15, 0.2) is 11.6 Å². The Kier molecular flexibility index (Phi) is 15.2. The van der Waals surface area contributed by atoms with Crippen LogP contribution in [-0.2, 0) is 6.42 Å². The number of halogens is 2. The maximum absolute atomic E-state index is 14.7. The number of unbranched alkanes of at least 4 members (excludes halogenated alkanes) is 9. The fourth-order valence-corrected chi connectivity index (χ4v) is 5.97. The van der Waals surface area contributed by atoms with E-state index in [4.69, 9.17) is 9.47 Å². The highest BCUT2D eigenvalue weighted by Crippen LogP contribution is 2.34. The summed E-state index contributed by atoms with van der Waals surface area (Å²) in [6, 6.07) is 9.91. The average Bonchev–Trinajstić information content (AvgIpc) is 2.98. The van der Waals surface area contributed by atoms with Gasteiger partial charge in [0, 0.05) is 0 Å². The largest absolute Gasteiger partial charge is 0.490 e. The third-order valence-corrected chi connectivity index (χ3v) is 8.68. The number of rotatable bonds is 19. The van der Waals surface area contributed by atoms with Crippen LogP contribution < -0.4 is 9.47 Å². The zero-order valence-corrected chi connectivity index (χ0v) is 25.5. The fourth-order valence-electron chi connectivity index (χ4n) is 5.97. The summed E-state index contributed by atoms with van der Waals surface area (Å²) in [4.78, 5) is 12.6. The summed E-state index contributed by atoms with van der Waals surface area (Å²) in [7, 11) is 0. The Labute approximate surface area is 247 Å². The van der Waals surface area contributed by atoms with Crippen LogP contribution in [0.25, 0.3) is 0 Å². The summed E-state index contributed by atoms with van der Waals surface area (Å²) >= 11 is 0. The van der Waals surface area contributed by atoms with Crippen LogP contribution in [0, 0.1) is 23.5 Å². The molecule has 3 rings (SSSR count). The Morgan fingerprint density at radius 2 is 1.29 bits per heavy atom. The van der Waals surface area contributed by atoms with Crippen molar-refractivity contribution in [3.63, 3.8) is 0 Å². The van der Waals surface area contributed by atoms with Crippen LogP contribution in [0.1, 0.15) is 139 Å². The quantitative estimate of drug-likeness (QED) is 0.0957. The maximum Gasteiger partial charge on any atom is 0.346 e. The van der Waals surface area contributed by atoms with Crippen molar-refractivity contribution in [2.75, 3.05) is 6.61 Å². The molecule has 1 aliphatic rings. The SMILES string of the molecule is CCCCCCCCCCOc1ccc(C(=O)Oc2ccc(CC[C@H]3CC[C@H](CCCCC)CC3)cc2)c(F)c1F. The van der Waals surface area contributed by atoms with Gasteiger partial charge in [0.2, 0.25) is 5.82 Å². The normalized spacial score (nSPS) is 17.0. The van der Waals surface area contributed by atoms with Gasteiger partial charge in [-0.15, -0.1) is 0 Å². The summed E-state index contributed by atoms with van der Waals surface area (Å²) in [5, 5.41) is 0. The summed E-state index contributed by atoms with van der Waals surface area (Å²) in [6.07, 6.45) is 22.2. The zero-order valence-electron chi connectivity index (χ0n) is 25.5. The van der Waals surface area contributed by atoms with Crippen LogP contribution in [-0.4, -0.2) is 12.6 Å². The lowest BCUT2D eigenvalue weighted by Crippen LogP contribution is -2.15. The van der Waals surface area contributed by atoms with Crippen molar-refractivity contribution in [2.24, 2.45) is 11.8 Å². The second-order valence-corrected chi connectivity index (χ2v) is 12.0. The molecule has 228 valence electrons. The molecule has 1 aliphatic carbocycles. The number of carbonyl (C=O) groups is 1. The van der Waals surface area contributed by atoms with Crippen molar-refractivity contribution in [1.29, 1.82) is 0 Å². The van der Waals surface area contributed by atoms with Crippen LogP contribution in [0.15, 0.2) is 36.4 Å². The zero-order chi connectivity index (χ0) is 29.3. The third-order valence-electron chi connectivity index (χ3n) is 8.68. The molecule has 2 aromatic carbocycles. The van der Waals surface area contributed by atoms with Crippen LogP contribution >= 0.6 is 0 Å². The third kappa shape index (κ3) is 11.8. The van der Waals surface area contributed by atoms with Crippen molar-refractivity contribution in [3.05, 3.63) is 59.2 Å². The number of carbonyl (C=O) groups excluding carboxylic acids is 1. The van der Waals surface area contributed by atoms with Crippen molar-refractivity contribution in [2.45, 2.75) is 129 Å². The fraction of sp³-hybridized carbons (Fsp3) is 0.639. The number of aryl methyl sites for hydroxylation is 1. The number of benzene rings is 2. The van der Waals surface area contributed by atoms with Gasteiger partial charge in [-0.3, -0.25) is 0 Å². The van der Waals surface area contributed by atoms with Crippen LogP contribution in [0.4, 0.5) is 8.78 Å². The van der Waals surface area contributed by atoms with E-state index >= 15 is 0 Å². The van der Waals surface area contributed by atoms with Gasteiger partial charge < -0.3 is 9.47 Å². The summed E-state index contributed by atoms with van der Waals surface area (Å²) in [5.41, 5.74) is 0.765. The predicted octanol–water partition coefficient (Wildman–Crippen LogP) is 11.0. The van der Waals surface area contributed by atoms with E-state index < -0.39 is 23.2 Å². The maximum atomic E-state index is 14.7. The van der Waals surface area contributed by atoms with Gasteiger partial charge >= 0.3 is 5.97 Å². The monoisotopic (exact) mass is 570 g/mol. The standard InChI is InChI=1S/C36H52F2O3/c1-3-5-7-8-9-10-11-13-27-40-33-26-25-32(34(37)35(33)38)36(39)41-31-23-21-30(22-24-31)20-19-29-17-15-28(16-18-29)14-12-6-4-2/h21-26,28-29H,3-20,27H2,1-2H3/t28-,29-. The van der Waals surface area contributed by atoms with Gasteiger partial charge in [-0.25, -0.2) is 9.18 Å². The van der Waals surface area contributed by atoms with E-state index in [0.29, 0.717) is 12.4 Å². The first kappa shape index (κ1) is 33.1. The lowest BCUT2D eigenvalue weighted by Gasteiger charge is -2.28. The Morgan fingerprint density at radius 1 is 0.707 bits per heavy atom. The minimum atomic E-state index is -1.24. The number of hydrogen-bond donors (Lipinski definition) is 0. The Morgan fingerprint density at radius 3 is 1.95 bits per heavy atom. The summed E-state index contributed by atoms with van der Waals surface area (Å²) in [6.45, 7) is 4.79. The highest BCUT2D eigenvalue weighted by atomic mass is 19.2. The molecule has 0 aromatic heterocycles. The van der Waals surface area contributed by atoms with Crippen LogP contribution in [0.3, 0.4) is 0 Å². The molecule has 41 heavy (non-hydrogen) atoms. The lowest BCUT2D eigenvalue weighted by atomic mass is 9.78. The predicted molar refractivity (Wildman–Crippen MR) is 164 cm³/mol. The van der Waals surface area contributed by atoms with Gasteiger partial charge in [0.05, 0.1) is 12.2 Å². The molecule has 3 nitrogen and oxygen atoms in total. The molecule has 0 bridgehead atoms. The molecule has 0 N–H and O–H groups in total. The first-order valence-corrected chi connectivity index (χ1v) is 16.4. The lowest BCUT2D eigenvalue weighted by molar-refractivity contribution is 0.0728. The molecule has 0 radical (unpaired) electrons. The van der Waals surface area contributed by atoms with E-state index in [1.54, 1.807) is 12.1 Å². The number of esters is 1. The molecule has 0 saturated heterocycles. The summed E-state index contributed by atoms with van der Waals surface area (Å²) < 4.78 is 40.1. The molecular formula is C36H52F2O3. The smallest absolute Gasteiger partial charge is 0.346 e. The molecule has 0 aliphatic heterocycles. The van der Waals surface area contributed by atoms with Gasteiger partial charge in [-0.1, -0.05) is 122 Å².